The molecule has 168 valence electrons. The molecule has 0 bridgehead atoms. The van der Waals surface area contributed by atoms with Crippen molar-refractivity contribution < 1.29 is 26.6 Å². The highest BCUT2D eigenvalue weighted by molar-refractivity contribution is 6.61. The average Bonchev–Trinajstić information content (AvgIpc) is 2.63. The number of hydrogen-bond donors (Lipinski definition) is 0. The lowest BCUT2D eigenvalue weighted by molar-refractivity contribution is 0.0704. The molecule has 0 saturated carbocycles. The van der Waals surface area contributed by atoms with Crippen molar-refractivity contribution in [3.8, 4) is 0 Å². The van der Waals surface area contributed by atoms with Crippen LogP contribution in [0.2, 0.25) is 12.1 Å². The molecule has 0 aromatic heterocycles. The highest BCUT2D eigenvalue weighted by Crippen LogP contribution is 2.22. The summed E-state index contributed by atoms with van der Waals surface area (Å²) in [6.07, 6.45) is 6.48. The molecule has 0 aliphatic heterocycles. The zero-order valence-corrected chi connectivity index (χ0v) is 21.3. The third-order valence-corrected chi connectivity index (χ3v) is 10.2. The van der Waals surface area contributed by atoms with E-state index in [4.69, 9.17) is 26.6 Å². The van der Waals surface area contributed by atoms with Gasteiger partial charge in [-0.2, -0.15) is 0 Å². The maximum Gasteiger partial charge on any atom is 0.504 e. The molecule has 0 aliphatic carbocycles. The Morgan fingerprint density at radius 1 is 0.643 bits per heavy atom. The smallest absolute Gasteiger partial charge is 0.374 e. The molecule has 0 aromatic carbocycles. The Morgan fingerprint density at radius 2 is 1.04 bits per heavy atom. The van der Waals surface area contributed by atoms with Gasteiger partial charge in [-0.1, -0.05) is 19.1 Å². The summed E-state index contributed by atoms with van der Waals surface area (Å²) in [5.74, 6) is 0.452. The van der Waals surface area contributed by atoms with E-state index in [0.717, 1.165) is 18.9 Å². The molecule has 0 saturated heterocycles. The fourth-order valence-corrected chi connectivity index (χ4v) is 8.13. The van der Waals surface area contributed by atoms with Crippen LogP contribution in [-0.2, 0) is 26.6 Å². The van der Waals surface area contributed by atoms with Crippen molar-refractivity contribution in [3.63, 3.8) is 0 Å². The Morgan fingerprint density at radius 3 is 1.43 bits per heavy atom. The fourth-order valence-electron chi connectivity index (χ4n) is 3.14. The van der Waals surface area contributed by atoms with Gasteiger partial charge in [-0.05, 0) is 60.3 Å². The van der Waals surface area contributed by atoms with Crippen LogP contribution in [0.3, 0.4) is 0 Å². The third kappa shape index (κ3) is 11.2. The molecule has 0 spiro atoms. The van der Waals surface area contributed by atoms with Crippen LogP contribution < -0.4 is 0 Å². The van der Waals surface area contributed by atoms with Crippen LogP contribution in [0.1, 0.15) is 61.3 Å². The van der Waals surface area contributed by atoms with Crippen LogP contribution in [0.4, 0.5) is 0 Å². The molecule has 28 heavy (non-hydrogen) atoms. The summed E-state index contributed by atoms with van der Waals surface area (Å²) in [7, 11) is -5.13. The molecule has 6 nitrogen and oxygen atoms in total. The van der Waals surface area contributed by atoms with Gasteiger partial charge in [-0.15, -0.1) is 0 Å². The van der Waals surface area contributed by atoms with Gasteiger partial charge in [0.2, 0.25) is 0 Å². The Bertz CT molecular complexity index is 361. The van der Waals surface area contributed by atoms with E-state index in [-0.39, 0.29) is 0 Å². The summed E-state index contributed by atoms with van der Waals surface area (Å²) in [6.45, 7) is 17.9. The second-order valence-electron chi connectivity index (χ2n) is 6.47. The molecule has 0 fully saturated rings. The molecule has 0 aromatic rings. The summed E-state index contributed by atoms with van der Waals surface area (Å²) in [4.78, 5) is 0. The first kappa shape index (κ1) is 27.9. The summed E-state index contributed by atoms with van der Waals surface area (Å²) in [5, 5.41) is 0. The van der Waals surface area contributed by atoms with E-state index in [9.17, 15) is 0 Å². The highest BCUT2D eigenvalue weighted by Gasteiger charge is 2.40. The molecule has 1 atom stereocenters. The maximum atomic E-state index is 5.93. The predicted octanol–water partition coefficient (Wildman–Crippen LogP) is 5.06. The second-order valence-corrected chi connectivity index (χ2v) is 11.8. The standard InChI is InChI=1S/C20H44O6Si2/c1-8-21-27(22-9-2,23-10-3)18-14-16-20(7)17-15-19-28(24-11-4,25-12-5)26-13-6/h14,16,20H,8-13,15,17-19H2,1-7H3. The maximum absolute atomic E-state index is 5.93. The van der Waals surface area contributed by atoms with Crippen LogP contribution in [0.15, 0.2) is 12.2 Å². The van der Waals surface area contributed by atoms with Crippen LogP contribution >= 0.6 is 0 Å². The van der Waals surface area contributed by atoms with Crippen LogP contribution in [0, 0.1) is 5.92 Å². The van der Waals surface area contributed by atoms with Crippen molar-refractivity contribution in [2.75, 3.05) is 39.6 Å². The van der Waals surface area contributed by atoms with Crippen molar-refractivity contribution in [1.29, 1.82) is 0 Å². The van der Waals surface area contributed by atoms with Gasteiger partial charge in [0.1, 0.15) is 0 Å². The SMILES string of the molecule is CCO[Si](CC=CC(C)CCC[Si](OCC)(OCC)OCC)(OCC)OCC. The third-order valence-electron chi connectivity index (χ3n) is 4.16. The van der Waals surface area contributed by atoms with Crippen LogP contribution in [-0.4, -0.2) is 57.3 Å². The van der Waals surface area contributed by atoms with E-state index in [1.54, 1.807) is 0 Å². The van der Waals surface area contributed by atoms with Gasteiger partial charge < -0.3 is 26.6 Å². The molecular formula is C20H44O6Si2. The van der Waals surface area contributed by atoms with Gasteiger partial charge >= 0.3 is 17.6 Å². The summed E-state index contributed by atoms with van der Waals surface area (Å²) in [6, 6.07) is 1.57. The van der Waals surface area contributed by atoms with Crippen molar-refractivity contribution in [3.05, 3.63) is 12.2 Å². The Labute approximate surface area is 175 Å². The van der Waals surface area contributed by atoms with E-state index < -0.39 is 17.6 Å². The molecule has 0 heterocycles. The second kappa shape index (κ2) is 16.7. The normalized spacial score (nSPS) is 14.1. The van der Waals surface area contributed by atoms with Gasteiger partial charge in [0.05, 0.1) is 0 Å². The zero-order chi connectivity index (χ0) is 21.3. The fraction of sp³-hybridized carbons (Fsp3) is 0.900. The number of rotatable bonds is 19. The van der Waals surface area contributed by atoms with Gasteiger partial charge in [-0.3, -0.25) is 0 Å². The van der Waals surface area contributed by atoms with Crippen molar-refractivity contribution in [2.45, 2.75) is 73.4 Å². The van der Waals surface area contributed by atoms with Crippen LogP contribution in [0.25, 0.3) is 0 Å². The molecular weight excluding hydrogens is 392 g/mol. The largest absolute Gasteiger partial charge is 0.504 e. The lowest BCUT2D eigenvalue weighted by Crippen LogP contribution is -2.46. The molecule has 8 heteroatoms. The minimum Gasteiger partial charge on any atom is -0.374 e. The van der Waals surface area contributed by atoms with Crippen molar-refractivity contribution in [2.24, 2.45) is 5.92 Å². The first-order valence-corrected chi connectivity index (χ1v) is 14.8. The Hall–Kier alpha value is -0.0662. The predicted molar refractivity (Wildman–Crippen MR) is 118 cm³/mol. The topological polar surface area (TPSA) is 55.4 Å². The number of hydrogen-bond acceptors (Lipinski definition) is 6. The van der Waals surface area contributed by atoms with Gasteiger partial charge in [0.25, 0.3) is 0 Å². The first-order chi connectivity index (χ1) is 13.5. The van der Waals surface area contributed by atoms with E-state index in [1.807, 2.05) is 41.5 Å². The summed E-state index contributed by atoms with van der Waals surface area (Å²) in [5.41, 5.74) is 0. The molecule has 0 aliphatic rings. The molecule has 1 unspecified atom stereocenters. The minimum absolute atomic E-state index is 0.452. The average molecular weight is 437 g/mol. The quantitative estimate of drug-likeness (QED) is 0.208. The minimum atomic E-state index is -2.60. The summed E-state index contributed by atoms with van der Waals surface area (Å²) < 4.78 is 35.5. The van der Waals surface area contributed by atoms with Crippen molar-refractivity contribution >= 4 is 17.6 Å². The van der Waals surface area contributed by atoms with E-state index in [2.05, 4.69) is 19.1 Å². The van der Waals surface area contributed by atoms with Gasteiger partial charge in [-0.25, -0.2) is 0 Å². The van der Waals surface area contributed by atoms with Gasteiger partial charge in [0, 0.05) is 51.7 Å². The lowest BCUT2D eigenvalue weighted by atomic mass is 10.1. The van der Waals surface area contributed by atoms with E-state index >= 15 is 0 Å². The van der Waals surface area contributed by atoms with E-state index in [1.165, 1.54) is 0 Å². The van der Waals surface area contributed by atoms with E-state index in [0.29, 0.717) is 51.6 Å². The molecule has 0 radical (unpaired) electrons. The first-order valence-electron chi connectivity index (χ1n) is 11.0. The molecule has 0 amide bonds. The number of allylic oxidation sites excluding steroid dienone is 2. The molecule has 0 rings (SSSR count). The Balaban J connectivity index is 4.66. The van der Waals surface area contributed by atoms with Crippen molar-refractivity contribution in [1.82, 2.24) is 0 Å². The van der Waals surface area contributed by atoms with Crippen LogP contribution in [0.5, 0.6) is 0 Å². The summed E-state index contributed by atoms with van der Waals surface area (Å²) >= 11 is 0. The Kier molecular flexibility index (Phi) is 16.7. The molecule has 0 N–H and O–H groups in total. The van der Waals surface area contributed by atoms with Gasteiger partial charge in [0.15, 0.2) is 0 Å². The lowest BCUT2D eigenvalue weighted by Gasteiger charge is -2.28. The highest BCUT2D eigenvalue weighted by atomic mass is 28.4. The monoisotopic (exact) mass is 436 g/mol. The zero-order valence-electron chi connectivity index (χ0n) is 19.3.